The minimum Gasteiger partial charge on any atom is -0.464 e. The summed E-state index contributed by atoms with van der Waals surface area (Å²) in [5.41, 5.74) is 1.77. The first-order valence-electron chi connectivity index (χ1n) is 5.74. The number of hydrogen-bond acceptors (Lipinski definition) is 3. The number of ether oxygens (including phenoxy) is 1. The summed E-state index contributed by atoms with van der Waals surface area (Å²) in [6.07, 6.45) is 0. The van der Waals surface area contributed by atoms with Crippen molar-refractivity contribution in [2.45, 2.75) is 20.8 Å². The molecule has 3 heteroatoms. The number of aliphatic hydroxyl groups excluding tert-OH is 1. The van der Waals surface area contributed by atoms with Gasteiger partial charge in [0, 0.05) is 16.9 Å². The quantitative estimate of drug-likeness (QED) is 0.883. The van der Waals surface area contributed by atoms with Gasteiger partial charge in [-0.25, -0.2) is 0 Å². The lowest BCUT2D eigenvalue weighted by molar-refractivity contribution is 0.0849. The summed E-state index contributed by atoms with van der Waals surface area (Å²) in [5.74, 6) is 0.507. The van der Waals surface area contributed by atoms with E-state index in [9.17, 15) is 0 Å². The van der Waals surface area contributed by atoms with Gasteiger partial charge in [-0.05, 0) is 19.1 Å². The van der Waals surface area contributed by atoms with Gasteiger partial charge in [-0.15, -0.1) is 0 Å². The molecule has 0 spiro atoms. The minimum absolute atomic E-state index is 0.0896. The molecule has 17 heavy (non-hydrogen) atoms. The van der Waals surface area contributed by atoms with E-state index in [0.717, 1.165) is 11.0 Å². The van der Waals surface area contributed by atoms with Crippen LogP contribution in [0.4, 0.5) is 0 Å². The van der Waals surface area contributed by atoms with E-state index in [4.69, 9.17) is 14.3 Å². The summed E-state index contributed by atoms with van der Waals surface area (Å²) in [5, 5.41) is 10.2. The number of furan rings is 1. The van der Waals surface area contributed by atoms with Gasteiger partial charge in [0.2, 0.25) is 0 Å². The van der Waals surface area contributed by atoms with Gasteiger partial charge >= 0.3 is 0 Å². The van der Waals surface area contributed by atoms with Crippen molar-refractivity contribution in [3.63, 3.8) is 0 Å². The highest BCUT2D eigenvalue weighted by atomic mass is 16.6. The van der Waals surface area contributed by atoms with Crippen molar-refractivity contribution in [2.75, 3.05) is 13.2 Å². The van der Waals surface area contributed by atoms with Crippen LogP contribution >= 0.6 is 0 Å². The molecular formula is C14H18O3. The highest BCUT2D eigenvalue weighted by molar-refractivity contribution is 5.79. The average molecular weight is 234 g/mol. The van der Waals surface area contributed by atoms with E-state index in [2.05, 4.69) is 6.07 Å². The molecule has 0 aliphatic rings. The van der Waals surface area contributed by atoms with Crippen LogP contribution in [0.3, 0.4) is 0 Å². The fourth-order valence-electron chi connectivity index (χ4n) is 1.52. The maximum atomic E-state index is 9.14. The van der Waals surface area contributed by atoms with Crippen molar-refractivity contribution < 1.29 is 14.3 Å². The van der Waals surface area contributed by atoms with Crippen molar-refractivity contribution in [2.24, 2.45) is 5.41 Å². The highest BCUT2D eigenvalue weighted by Gasteiger charge is 2.18. The number of aliphatic hydroxyl groups is 1. The van der Waals surface area contributed by atoms with Crippen LogP contribution in [0.5, 0.6) is 5.95 Å². The van der Waals surface area contributed by atoms with E-state index < -0.39 is 0 Å². The van der Waals surface area contributed by atoms with Gasteiger partial charge in [0.25, 0.3) is 5.95 Å². The van der Waals surface area contributed by atoms with Gasteiger partial charge in [-0.2, -0.15) is 0 Å². The molecule has 0 saturated heterocycles. The van der Waals surface area contributed by atoms with E-state index >= 15 is 0 Å². The summed E-state index contributed by atoms with van der Waals surface area (Å²) < 4.78 is 11.1. The Morgan fingerprint density at radius 1 is 1.29 bits per heavy atom. The third-order valence-corrected chi connectivity index (χ3v) is 2.68. The van der Waals surface area contributed by atoms with Crippen molar-refractivity contribution in [3.8, 4) is 5.95 Å². The molecule has 1 aromatic heterocycles. The molecule has 0 saturated carbocycles. The number of aryl methyl sites for hydroxylation is 1. The molecule has 0 amide bonds. The Kier molecular flexibility index (Phi) is 3.11. The first-order chi connectivity index (χ1) is 8.00. The smallest absolute Gasteiger partial charge is 0.285 e. The first-order valence-corrected chi connectivity index (χ1v) is 5.74. The molecule has 1 N–H and O–H groups in total. The van der Waals surface area contributed by atoms with E-state index in [1.807, 2.05) is 39.0 Å². The summed E-state index contributed by atoms with van der Waals surface area (Å²) >= 11 is 0. The van der Waals surface area contributed by atoms with Crippen molar-refractivity contribution >= 4 is 11.0 Å². The van der Waals surface area contributed by atoms with E-state index in [-0.39, 0.29) is 12.0 Å². The fourth-order valence-corrected chi connectivity index (χ4v) is 1.52. The van der Waals surface area contributed by atoms with Crippen molar-refractivity contribution in [1.29, 1.82) is 0 Å². The summed E-state index contributed by atoms with van der Waals surface area (Å²) in [6.45, 7) is 6.45. The molecule has 2 aromatic rings. The van der Waals surface area contributed by atoms with E-state index in [1.54, 1.807) is 0 Å². The zero-order valence-electron chi connectivity index (χ0n) is 10.5. The van der Waals surface area contributed by atoms with E-state index in [0.29, 0.717) is 12.6 Å². The van der Waals surface area contributed by atoms with E-state index in [1.165, 1.54) is 5.56 Å². The van der Waals surface area contributed by atoms with Crippen LogP contribution < -0.4 is 4.74 Å². The van der Waals surface area contributed by atoms with Gasteiger partial charge in [0.1, 0.15) is 5.58 Å². The summed E-state index contributed by atoms with van der Waals surface area (Å²) in [7, 11) is 0. The Morgan fingerprint density at radius 2 is 2.06 bits per heavy atom. The lowest BCUT2D eigenvalue weighted by atomic mass is 9.97. The number of benzene rings is 1. The maximum absolute atomic E-state index is 9.14. The standard InChI is InChI=1S/C14H18O3/c1-10-4-5-12-11(6-10)7-13(17-12)16-9-14(2,3)8-15/h4-7,15H,8-9H2,1-3H3. The molecule has 2 rings (SSSR count). The zero-order valence-corrected chi connectivity index (χ0v) is 10.5. The Hall–Kier alpha value is -1.48. The molecule has 0 aliphatic heterocycles. The topological polar surface area (TPSA) is 42.6 Å². The number of fused-ring (bicyclic) bond motifs is 1. The van der Waals surface area contributed by atoms with Crippen molar-refractivity contribution in [1.82, 2.24) is 0 Å². The Bertz CT molecular complexity index is 511. The summed E-state index contributed by atoms with van der Waals surface area (Å²) in [4.78, 5) is 0. The molecular weight excluding hydrogens is 216 g/mol. The first kappa shape index (κ1) is 12.0. The maximum Gasteiger partial charge on any atom is 0.285 e. The lowest BCUT2D eigenvalue weighted by Crippen LogP contribution is -2.25. The van der Waals surface area contributed by atoms with Gasteiger partial charge in [-0.1, -0.05) is 25.5 Å². The van der Waals surface area contributed by atoms with Gasteiger partial charge in [0.05, 0.1) is 13.2 Å². The Labute approximate surface area is 101 Å². The lowest BCUT2D eigenvalue weighted by Gasteiger charge is -2.20. The van der Waals surface area contributed by atoms with Gasteiger partial charge in [0.15, 0.2) is 0 Å². The van der Waals surface area contributed by atoms with Crippen LogP contribution in [-0.2, 0) is 0 Å². The molecule has 3 nitrogen and oxygen atoms in total. The van der Waals surface area contributed by atoms with Crippen molar-refractivity contribution in [3.05, 3.63) is 29.8 Å². The molecule has 0 aliphatic carbocycles. The molecule has 92 valence electrons. The van der Waals surface area contributed by atoms with Crippen LogP contribution in [0.15, 0.2) is 28.7 Å². The third-order valence-electron chi connectivity index (χ3n) is 2.68. The largest absolute Gasteiger partial charge is 0.464 e. The third kappa shape index (κ3) is 2.80. The molecule has 0 atom stereocenters. The number of hydrogen-bond donors (Lipinski definition) is 1. The highest BCUT2D eigenvalue weighted by Crippen LogP contribution is 2.27. The average Bonchev–Trinajstić information content (AvgIpc) is 2.68. The SMILES string of the molecule is Cc1ccc2oc(OCC(C)(C)CO)cc2c1. The molecule has 1 aromatic carbocycles. The van der Waals surface area contributed by atoms with Crippen LogP contribution in [0.2, 0.25) is 0 Å². The fraction of sp³-hybridized carbons (Fsp3) is 0.429. The van der Waals surface area contributed by atoms with Crippen LogP contribution in [0.1, 0.15) is 19.4 Å². The molecule has 0 fully saturated rings. The molecule has 0 bridgehead atoms. The second kappa shape index (κ2) is 4.41. The second-order valence-electron chi connectivity index (χ2n) is 5.22. The van der Waals surface area contributed by atoms with Gasteiger partial charge < -0.3 is 14.3 Å². The predicted octanol–water partition coefficient (Wildman–Crippen LogP) is 3.14. The normalized spacial score (nSPS) is 12.0. The number of rotatable bonds is 4. The van der Waals surface area contributed by atoms with Crippen LogP contribution in [-0.4, -0.2) is 18.3 Å². The monoisotopic (exact) mass is 234 g/mol. The predicted molar refractivity (Wildman–Crippen MR) is 67.3 cm³/mol. The van der Waals surface area contributed by atoms with Crippen LogP contribution in [0.25, 0.3) is 11.0 Å². The molecule has 1 heterocycles. The Balaban J connectivity index is 2.15. The minimum atomic E-state index is -0.255. The van der Waals surface area contributed by atoms with Crippen LogP contribution in [0, 0.1) is 12.3 Å². The molecule has 0 radical (unpaired) electrons. The van der Waals surface area contributed by atoms with Gasteiger partial charge in [-0.3, -0.25) is 0 Å². The Morgan fingerprint density at radius 3 is 2.76 bits per heavy atom. The second-order valence-corrected chi connectivity index (χ2v) is 5.22. The summed E-state index contributed by atoms with van der Waals surface area (Å²) in [6, 6.07) is 7.89. The molecule has 0 unspecified atom stereocenters. The zero-order chi connectivity index (χ0) is 12.5.